The van der Waals surface area contributed by atoms with Crippen LogP contribution in [-0.4, -0.2) is 31.4 Å². The number of nitrogens with two attached hydrogens (primary N) is 1. The van der Waals surface area contributed by atoms with Crippen molar-refractivity contribution in [3.63, 3.8) is 0 Å². The zero-order valence-corrected chi connectivity index (χ0v) is 13.8. The van der Waals surface area contributed by atoms with Crippen molar-refractivity contribution >= 4 is 22.3 Å². The molecule has 21 heavy (non-hydrogen) atoms. The van der Waals surface area contributed by atoms with Gasteiger partial charge in [0, 0.05) is 42.4 Å². The third kappa shape index (κ3) is 4.20. The van der Waals surface area contributed by atoms with E-state index < -0.39 is 22.0 Å². The van der Waals surface area contributed by atoms with Crippen LogP contribution in [0.15, 0.2) is 9.59 Å². The van der Waals surface area contributed by atoms with E-state index >= 15 is 0 Å². The van der Waals surface area contributed by atoms with Crippen molar-refractivity contribution in [2.24, 2.45) is 7.05 Å². The lowest BCUT2D eigenvalue weighted by atomic mass is 10.2. The van der Waals surface area contributed by atoms with E-state index in [4.69, 9.17) is 5.73 Å². The van der Waals surface area contributed by atoms with E-state index in [0.29, 0.717) is 18.7 Å². The van der Waals surface area contributed by atoms with Crippen LogP contribution in [0.5, 0.6) is 0 Å². The monoisotopic (exact) mass is 316 g/mol. The van der Waals surface area contributed by atoms with Crippen LogP contribution in [0, 0.1) is 0 Å². The maximum absolute atomic E-state index is 12.2. The molecule has 8 heteroatoms. The molecule has 2 atom stereocenters. The highest BCUT2D eigenvalue weighted by molar-refractivity contribution is 7.84. The van der Waals surface area contributed by atoms with E-state index in [1.807, 2.05) is 13.8 Å². The van der Waals surface area contributed by atoms with Crippen molar-refractivity contribution in [1.29, 1.82) is 0 Å². The fourth-order valence-electron chi connectivity index (χ4n) is 2.02. The molecule has 0 aliphatic heterocycles. The van der Waals surface area contributed by atoms with Gasteiger partial charge in [0.05, 0.1) is 0 Å². The summed E-state index contributed by atoms with van der Waals surface area (Å²) in [5.74, 6) is 0.706. The van der Waals surface area contributed by atoms with Gasteiger partial charge in [-0.15, -0.1) is 0 Å². The molecule has 2 unspecified atom stereocenters. The molecule has 1 aromatic heterocycles. The fourth-order valence-corrected chi connectivity index (χ4v) is 2.71. The van der Waals surface area contributed by atoms with Crippen molar-refractivity contribution < 1.29 is 4.21 Å². The normalized spacial score (nSPS) is 13.9. The van der Waals surface area contributed by atoms with Crippen LogP contribution in [0.2, 0.25) is 0 Å². The van der Waals surface area contributed by atoms with E-state index in [1.165, 1.54) is 11.6 Å². The molecule has 0 saturated carbocycles. The second-order valence-electron chi connectivity index (χ2n) is 5.17. The first-order valence-electron chi connectivity index (χ1n) is 6.95. The van der Waals surface area contributed by atoms with Crippen molar-refractivity contribution in [1.82, 2.24) is 9.13 Å². The fraction of sp³-hybridized carbons (Fsp3) is 0.692. The number of rotatable bonds is 7. The molecule has 0 aliphatic rings. The Kier molecular flexibility index (Phi) is 6.19. The molecular weight excluding hydrogens is 292 g/mol. The Labute approximate surface area is 126 Å². The average molecular weight is 316 g/mol. The predicted molar refractivity (Wildman–Crippen MR) is 87.3 cm³/mol. The molecule has 7 nitrogen and oxygen atoms in total. The summed E-state index contributed by atoms with van der Waals surface area (Å²) in [4.78, 5) is 24.2. The number of anilines is 2. The number of nitrogen functional groups attached to an aromatic ring is 1. The predicted octanol–water partition coefficient (Wildman–Crippen LogP) is 0.108. The molecule has 120 valence electrons. The summed E-state index contributed by atoms with van der Waals surface area (Å²) in [5, 5.41) is 3.05. The summed E-state index contributed by atoms with van der Waals surface area (Å²) in [7, 11) is 0.558. The summed E-state index contributed by atoms with van der Waals surface area (Å²) in [6, 6.07) is -0.0588. The van der Waals surface area contributed by atoms with Crippen LogP contribution >= 0.6 is 0 Å². The van der Waals surface area contributed by atoms with Gasteiger partial charge in [-0.2, -0.15) is 0 Å². The zero-order chi connectivity index (χ0) is 16.2. The summed E-state index contributed by atoms with van der Waals surface area (Å²) >= 11 is 0. The number of hydrogen-bond donors (Lipinski definition) is 2. The highest BCUT2D eigenvalue weighted by atomic mass is 32.2. The third-order valence-corrected chi connectivity index (χ3v) is 4.07. The first-order chi connectivity index (χ1) is 9.79. The standard InChI is InChI=1S/C13H24N4O3S/c1-5-7-17-11(14)10(12(18)16(3)13(17)19)15-9(2)6-8-21(4)20/h9,15H,5-8,14H2,1-4H3. The average Bonchev–Trinajstić information content (AvgIpc) is 2.44. The topological polar surface area (TPSA) is 99.1 Å². The molecule has 0 saturated heterocycles. The van der Waals surface area contributed by atoms with Crippen LogP contribution in [0.4, 0.5) is 11.5 Å². The molecule has 3 N–H and O–H groups in total. The molecule has 0 amide bonds. The highest BCUT2D eigenvalue weighted by Crippen LogP contribution is 2.13. The maximum Gasteiger partial charge on any atom is 0.332 e. The Morgan fingerprint density at radius 1 is 1.38 bits per heavy atom. The van der Waals surface area contributed by atoms with Gasteiger partial charge in [-0.05, 0) is 19.8 Å². The van der Waals surface area contributed by atoms with E-state index in [2.05, 4.69) is 5.32 Å². The lowest BCUT2D eigenvalue weighted by Crippen LogP contribution is -2.41. The summed E-state index contributed by atoms with van der Waals surface area (Å²) in [6.45, 7) is 4.28. The first-order valence-corrected chi connectivity index (χ1v) is 8.68. The SMILES string of the molecule is CCCn1c(N)c(NC(C)CCS(C)=O)c(=O)n(C)c1=O. The largest absolute Gasteiger partial charge is 0.383 e. The minimum Gasteiger partial charge on any atom is -0.383 e. The van der Waals surface area contributed by atoms with E-state index in [0.717, 1.165) is 11.0 Å². The Balaban J connectivity index is 3.15. The van der Waals surface area contributed by atoms with Gasteiger partial charge in [0.1, 0.15) is 11.5 Å². The van der Waals surface area contributed by atoms with Crippen LogP contribution in [0.3, 0.4) is 0 Å². The van der Waals surface area contributed by atoms with Gasteiger partial charge in [-0.1, -0.05) is 6.92 Å². The minimum absolute atomic E-state index is 0.0588. The molecule has 0 aliphatic carbocycles. The Morgan fingerprint density at radius 3 is 2.52 bits per heavy atom. The van der Waals surface area contributed by atoms with Gasteiger partial charge < -0.3 is 11.1 Å². The molecule has 1 heterocycles. The van der Waals surface area contributed by atoms with Gasteiger partial charge >= 0.3 is 5.69 Å². The second-order valence-corrected chi connectivity index (χ2v) is 6.72. The smallest absolute Gasteiger partial charge is 0.332 e. The minimum atomic E-state index is -0.880. The van der Waals surface area contributed by atoms with Gasteiger partial charge in [0.2, 0.25) is 0 Å². The van der Waals surface area contributed by atoms with E-state index in [9.17, 15) is 13.8 Å². The van der Waals surface area contributed by atoms with Crippen molar-refractivity contribution in [2.75, 3.05) is 23.1 Å². The van der Waals surface area contributed by atoms with Crippen molar-refractivity contribution in [2.45, 2.75) is 39.3 Å². The molecule has 0 fully saturated rings. The Morgan fingerprint density at radius 2 is 2.00 bits per heavy atom. The van der Waals surface area contributed by atoms with Crippen LogP contribution < -0.4 is 22.3 Å². The van der Waals surface area contributed by atoms with Gasteiger partial charge in [-0.25, -0.2) is 4.79 Å². The summed E-state index contributed by atoms with van der Waals surface area (Å²) in [6.07, 6.45) is 3.03. The number of nitrogens with zero attached hydrogens (tertiary/aromatic N) is 2. The summed E-state index contributed by atoms with van der Waals surface area (Å²) < 4.78 is 13.6. The molecule has 0 aromatic carbocycles. The number of aromatic nitrogens is 2. The molecule has 0 spiro atoms. The Hall–Kier alpha value is -1.57. The van der Waals surface area contributed by atoms with Gasteiger partial charge in [0.25, 0.3) is 5.56 Å². The number of nitrogens with one attached hydrogen (secondary N) is 1. The van der Waals surface area contributed by atoms with Crippen molar-refractivity contribution in [3.8, 4) is 0 Å². The molecule has 0 radical (unpaired) electrons. The van der Waals surface area contributed by atoms with E-state index in [1.54, 1.807) is 6.26 Å². The molecule has 1 rings (SSSR count). The van der Waals surface area contributed by atoms with Gasteiger partial charge in [0.15, 0.2) is 0 Å². The summed E-state index contributed by atoms with van der Waals surface area (Å²) in [5.41, 5.74) is 5.36. The zero-order valence-electron chi connectivity index (χ0n) is 13.0. The molecular formula is C13H24N4O3S. The lowest BCUT2D eigenvalue weighted by Gasteiger charge is -2.19. The van der Waals surface area contributed by atoms with Crippen LogP contribution in [0.1, 0.15) is 26.7 Å². The van der Waals surface area contributed by atoms with Crippen LogP contribution in [-0.2, 0) is 24.4 Å². The van der Waals surface area contributed by atoms with Gasteiger partial charge in [-0.3, -0.25) is 18.1 Å². The molecule has 0 bridgehead atoms. The Bertz CT molecular complexity index is 636. The molecule has 1 aromatic rings. The number of hydrogen-bond acceptors (Lipinski definition) is 5. The quantitative estimate of drug-likeness (QED) is 0.744. The first kappa shape index (κ1) is 17.5. The third-order valence-electron chi connectivity index (χ3n) is 3.26. The van der Waals surface area contributed by atoms with Crippen molar-refractivity contribution in [3.05, 3.63) is 20.8 Å². The lowest BCUT2D eigenvalue weighted by molar-refractivity contribution is 0.598. The highest BCUT2D eigenvalue weighted by Gasteiger charge is 2.16. The van der Waals surface area contributed by atoms with E-state index in [-0.39, 0.29) is 17.5 Å². The van der Waals surface area contributed by atoms with Crippen LogP contribution in [0.25, 0.3) is 0 Å². The second kappa shape index (κ2) is 7.44. The maximum atomic E-state index is 12.2.